The molecule has 0 radical (unpaired) electrons. The van der Waals surface area contributed by atoms with E-state index in [9.17, 15) is 14.7 Å². The number of carboxylic acid groups (broad SMARTS) is 1. The third kappa shape index (κ3) is 4.26. The number of rotatable bonds is 7. The van der Waals surface area contributed by atoms with E-state index in [0.717, 1.165) is 22.9 Å². The standard InChI is InChI=1S/C23H18N2O4S2/c1-13-9-20(30-12-13)22(26)16(10-14-5-3-4-6-19(14)29-2)21(23(27)28)15-7-8-17-18(11-15)25-31-24-17/h3-9,11-12H,10H2,1-2H3,(H,27,28). The number of benzene rings is 2. The van der Waals surface area contributed by atoms with Gasteiger partial charge in [-0.25, -0.2) is 4.79 Å². The van der Waals surface area contributed by atoms with Crippen LogP contribution in [0.3, 0.4) is 0 Å². The normalized spacial score (nSPS) is 11.9. The van der Waals surface area contributed by atoms with E-state index in [1.54, 1.807) is 37.4 Å². The van der Waals surface area contributed by atoms with Gasteiger partial charge in [-0.2, -0.15) is 8.75 Å². The van der Waals surface area contributed by atoms with Crippen LogP contribution < -0.4 is 4.74 Å². The van der Waals surface area contributed by atoms with Crippen LogP contribution in [0, 0.1) is 6.92 Å². The molecule has 6 nitrogen and oxygen atoms in total. The molecule has 2 aromatic carbocycles. The van der Waals surface area contributed by atoms with Crippen molar-refractivity contribution in [3.05, 3.63) is 81.1 Å². The van der Waals surface area contributed by atoms with Crippen molar-refractivity contribution in [1.29, 1.82) is 0 Å². The Kier molecular flexibility index (Phi) is 5.92. The van der Waals surface area contributed by atoms with E-state index in [1.807, 2.05) is 30.5 Å². The van der Waals surface area contributed by atoms with Gasteiger partial charge in [-0.15, -0.1) is 11.3 Å². The molecule has 0 saturated heterocycles. The third-order valence-electron chi connectivity index (χ3n) is 4.85. The first-order valence-electron chi connectivity index (χ1n) is 9.38. The van der Waals surface area contributed by atoms with Crippen molar-refractivity contribution < 1.29 is 19.4 Å². The monoisotopic (exact) mass is 450 g/mol. The van der Waals surface area contributed by atoms with Gasteiger partial charge in [0.2, 0.25) is 0 Å². The van der Waals surface area contributed by atoms with Crippen LogP contribution in [-0.4, -0.2) is 32.7 Å². The number of aromatic nitrogens is 2. The predicted octanol–water partition coefficient (Wildman–Crippen LogP) is 5.03. The second-order valence-corrected chi connectivity index (χ2v) is 8.37. The fourth-order valence-electron chi connectivity index (χ4n) is 3.39. The molecule has 0 fully saturated rings. The summed E-state index contributed by atoms with van der Waals surface area (Å²) in [6.07, 6.45) is 0.120. The highest BCUT2D eigenvalue weighted by atomic mass is 32.1. The number of ether oxygens (including phenoxy) is 1. The molecule has 0 aliphatic heterocycles. The van der Waals surface area contributed by atoms with E-state index in [0.29, 0.717) is 27.2 Å². The van der Waals surface area contributed by atoms with Crippen molar-refractivity contribution in [3.63, 3.8) is 0 Å². The molecule has 2 aromatic heterocycles. The zero-order valence-electron chi connectivity index (χ0n) is 16.8. The third-order valence-corrected chi connectivity index (χ3v) is 6.45. The van der Waals surface area contributed by atoms with Crippen LogP contribution in [-0.2, 0) is 11.2 Å². The topological polar surface area (TPSA) is 89.4 Å². The lowest BCUT2D eigenvalue weighted by Gasteiger charge is -2.14. The Morgan fingerprint density at radius 3 is 2.55 bits per heavy atom. The average Bonchev–Trinajstić information content (AvgIpc) is 3.41. The molecule has 0 amide bonds. The molecule has 0 saturated carbocycles. The van der Waals surface area contributed by atoms with Crippen molar-refractivity contribution in [3.8, 4) is 5.75 Å². The summed E-state index contributed by atoms with van der Waals surface area (Å²) in [6.45, 7) is 1.90. The van der Waals surface area contributed by atoms with Crippen LogP contribution in [0.4, 0.5) is 0 Å². The van der Waals surface area contributed by atoms with Gasteiger partial charge in [0.15, 0.2) is 5.78 Å². The first-order valence-corrected chi connectivity index (χ1v) is 11.0. The van der Waals surface area contributed by atoms with Gasteiger partial charge in [0.25, 0.3) is 0 Å². The molecule has 0 spiro atoms. The quantitative estimate of drug-likeness (QED) is 0.314. The maximum absolute atomic E-state index is 13.5. The highest BCUT2D eigenvalue weighted by molar-refractivity contribution is 7.12. The summed E-state index contributed by atoms with van der Waals surface area (Å²) in [4.78, 5) is 26.4. The molecule has 1 N–H and O–H groups in total. The highest BCUT2D eigenvalue weighted by Gasteiger charge is 2.26. The number of nitrogens with zero attached hydrogens (tertiary/aromatic N) is 2. The van der Waals surface area contributed by atoms with Crippen molar-refractivity contribution in [1.82, 2.24) is 8.75 Å². The zero-order valence-corrected chi connectivity index (χ0v) is 18.4. The van der Waals surface area contributed by atoms with Gasteiger partial charge in [-0.3, -0.25) is 4.79 Å². The lowest BCUT2D eigenvalue weighted by molar-refractivity contribution is -0.130. The first kappa shape index (κ1) is 20.9. The van der Waals surface area contributed by atoms with E-state index in [-0.39, 0.29) is 23.4 Å². The summed E-state index contributed by atoms with van der Waals surface area (Å²) in [5.41, 5.74) is 3.54. The van der Waals surface area contributed by atoms with E-state index in [2.05, 4.69) is 8.75 Å². The predicted molar refractivity (Wildman–Crippen MR) is 122 cm³/mol. The molecule has 0 atom stereocenters. The van der Waals surface area contributed by atoms with Crippen molar-refractivity contribution in [2.75, 3.05) is 7.11 Å². The summed E-state index contributed by atoms with van der Waals surface area (Å²) >= 11 is 2.36. The molecule has 4 rings (SSSR count). The van der Waals surface area contributed by atoms with Crippen molar-refractivity contribution in [2.24, 2.45) is 0 Å². The Bertz CT molecular complexity index is 1320. The number of carboxylic acids is 1. The largest absolute Gasteiger partial charge is 0.496 e. The van der Waals surface area contributed by atoms with Crippen LogP contribution in [0.5, 0.6) is 5.75 Å². The Labute approximate surface area is 186 Å². The summed E-state index contributed by atoms with van der Waals surface area (Å²) in [6, 6.07) is 14.1. The minimum atomic E-state index is -1.17. The Balaban J connectivity index is 1.93. The molecule has 2 heterocycles. The fourth-order valence-corrected chi connectivity index (χ4v) is 4.77. The summed E-state index contributed by atoms with van der Waals surface area (Å²) in [7, 11) is 1.55. The number of para-hydroxylation sites is 1. The number of hydrogen-bond acceptors (Lipinski definition) is 7. The second kappa shape index (κ2) is 8.79. The van der Waals surface area contributed by atoms with Crippen molar-refractivity contribution >= 4 is 51.4 Å². The molecule has 4 aromatic rings. The lowest BCUT2D eigenvalue weighted by Crippen LogP contribution is -2.13. The molecule has 156 valence electrons. The number of allylic oxidation sites excluding steroid dienone is 1. The summed E-state index contributed by atoms with van der Waals surface area (Å²) < 4.78 is 13.8. The molecule has 0 bridgehead atoms. The molecule has 8 heteroatoms. The van der Waals surface area contributed by atoms with E-state index in [1.165, 1.54) is 11.3 Å². The SMILES string of the molecule is COc1ccccc1CC(C(=O)c1cc(C)cs1)=C(C(=O)O)c1ccc2nsnc2c1. The van der Waals surface area contributed by atoms with Crippen LogP contribution in [0.1, 0.15) is 26.4 Å². The fraction of sp³-hybridized carbons (Fsp3) is 0.130. The number of methoxy groups -OCH3 is 1. The first-order chi connectivity index (χ1) is 15.0. The van der Waals surface area contributed by atoms with Crippen molar-refractivity contribution in [2.45, 2.75) is 13.3 Å². The van der Waals surface area contributed by atoms with Gasteiger partial charge in [-0.05, 0) is 53.3 Å². The number of thiophene rings is 1. The van der Waals surface area contributed by atoms with Gasteiger partial charge in [0.05, 0.1) is 29.3 Å². The second-order valence-electron chi connectivity index (χ2n) is 6.93. The lowest BCUT2D eigenvalue weighted by atomic mass is 9.91. The summed E-state index contributed by atoms with van der Waals surface area (Å²) in [5.74, 6) is -0.883. The number of aliphatic carboxylic acids is 1. The van der Waals surface area contributed by atoms with Gasteiger partial charge in [-0.1, -0.05) is 24.3 Å². The summed E-state index contributed by atoms with van der Waals surface area (Å²) in [5, 5.41) is 12.0. The zero-order chi connectivity index (χ0) is 22.0. The number of ketones is 1. The number of carbonyl (C=O) groups excluding carboxylic acids is 1. The van der Waals surface area contributed by atoms with Crippen LogP contribution in [0.25, 0.3) is 16.6 Å². The van der Waals surface area contributed by atoms with Crippen LogP contribution in [0.15, 0.2) is 59.5 Å². The number of fused-ring (bicyclic) bond motifs is 1. The number of Topliss-reactive ketones (excluding diaryl/α,β-unsaturated/α-hetero) is 1. The van der Waals surface area contributed by atoms with Gasteiger partial charge in [0.1, 0.15) is 16.8 Å². The van der Waals surface area contributed by atoms with Gasteiger partial charge < -0.3 is 9.84 Å². The highest BCUT2D eigenvalue weighted by Crippen LogP contribution is 2.31. The van der Waals surface area contributed by atoms with E-state index >= 15 is 0 Å². The average molecular weight is 451 g/mol. The molecule has 0 unspecified atom stereocenters. The molecular formula is C23H18N2O4S2. The Hall–Kier alpha value is -3.36. The van der Waals surface area contributed by atoms with Gasteiger partial charge in [0, 0.05) is 12.0 Å². The molecule has 0 aliphatic rings. The minimum Gasteiger partial charge on any atom is -0.496 e. The number of hydrogen-bond donors (Lipinski definition) is 1. The number of aryl methyl sites for hydroxylation is 1. The minimum absolute atomic E-state index is 0.0446. The van der Waals surface area contributed by atoms with Gasteiger partial charge >= 0.3 is 5.97 Å². The smallest absolute Gasteiger partial charge is 0.336 e. The Morgan fingerprint density at radius 1 is 1.06 bits per heavy atom. The maximum atomic E-state index is 13.5. The number of carbonyl (C=O) groups is 2. The van der Waals surface area contributed by atoms with Crippen LogP contribution >= 0.6 is 23.1 Å². The Morgan fingerprint density at radius 2 is 1.84 bits per heavy atom. The van der Waals surface area contributed by atoms with E-state index in [4.69, 9.17) is 4.74 Å². The molecule has 31 heavy (non-hydrogen) atoms. The van der Waals surface area contributed by atoms with Crippen LogP contribution in [0.2, 0.25) is 0 Å². The maximum Gasteiger partial charge on any atom is 0.336 e. The van der Waals surface area contributed by atoms with E-state index < -0.39 is 5.97 Å². The molecule has 0 aliphatic carbocycles. The molecular weight excluding hydrogens is 432 g/mol.